The molecule has 3 heteroatoms. The van der Waals surface area contributed by atoms with E-state index in [1.807, 2.05) is 12.1 Å². The minimum atomic E-state index is -0.595. The van der Waals surface area contributed by atoms with Gasteiger partial charge in [0.2, 0.25) is 0 Å². The molecule has 1 atom stereocenters. The maximum Gasteiger partial charge on any atom is 0.145 e. The molecule has 0 radical (unpaired) electrons. The van der Waals surface area contributed by atoms with E-state index >= 15 is 0 Å². The molecule has 0 spiro atoms. The van der Waals surface area contributed by atoms with E-state index in [1.54, 1.807) is 6.92 Å². The quantitative estimate of drug-likeness (QED) is 0.530. The standard InChI is InChI=1S/C29H31NO2/c1-22(31)29(25-8-4-2-5-9-25,26-10-6-3-7-11-26)27-15-18-30(21-27)17-14-23-12-13-28-24(20-23)16-19-32-28/h2-13,20,27H,14-19,21H2,1H3. The van der Waals surface area contributed by atoms with Crippen LogP contribution in [0.1, 0.15) is 35.6 Å². The third-order valence-electron chi connectivity index (χ3n) is 7.37. The number of benzene rings is 3. The maximum absolute atomic E-state index is 13.4. The Balaban J connectivity index is 1.38. The Hall–Kier alpha value is -2.91. The topological polar surface area (TPSA) is 29.5 Å². The summed E-state index contributed by atoms with van der Waals surface area (Å²) in [6, 6.07) is 27.4. The smallest absolute Gasteiger partial charge is 0.145 e. The Morgan fingerprint density at radius 3 is 2.34 bits per heavy atom. The van der Waals surface area contributed by atoms with E-state index in [0.29, 0.717) is 0 Å². The fourth-order valence-electron chi connectivity index (χ4n) is 5.81. The number of hydrogen-bond donors (Lipinski definition) is 0. The number of carbonyl (C=O) groups is 1. The van der Waals surface area contributed by atoms with Crippen LogP contribution >= 0.6 is 0 Å². The van der Waals surface area contributed by atoms with E-state index in [1.165, 1.54) is 11.1 Å². The van der Waals surface area contributed by atoms with E-state index in [0.717, 1.165) is 62.4 Å². The summed E-state index contributed by atoms with van der Waals surface area (Å²) >= 11 is 0. The molecule has 2 aliphatic rings. The minimum absolute atomic E-state index is 0.236. The third kappa shape index (κ3) is 3.75. The van der Waals surface area contributed by atoms with Crippen LogP contribution < -0.4 is 4.74 Å². The Morgan fingerprint density at radius 2 is 1.69 bits per heavy atom. The molecule has 1 saturated heterocycles. The molecule has 32 heavy (non-hydrogen) atoms. The lowest BCUT2D eigenvalue weighted by atomic mass is 9.63. The van der Waals surface area contributed by atoms with E-state index < -0.39 is 5.41 Å². The Kier molecular flexibility index (Phi) is 5.84. The number of ketones is 1. The summed E-state index contributed by atoms with van der Waals surface area (Å²) in [7, 11) is 0. The van der Waals surface area contributed by atoms with Crippen molar-refractivity contribution in [1.29, 1.82) is 0 Å². The van der Waals surface area contributed by atoms with E-state index in [9.17, 15) is 4.79 Å². The Bertz CT molecular complexity index is 1040. The van der Waals surface area contributed by atoms with E-state index in [-0.39, 0.29) is 11.7 Å². The fraction of sp³-hybridized carbons (Fsp3) is 0.345. The number of rotatable bonds is 7. The van der Waals surface area contributed by atoms with Gasteiger partial charge in [-0.3, -0.25) is 4.79 Å². The highest BCUT2D eigenvalue weighted by Gasteiger charge is 2.48. The van der Waals surface area contributed by atoms with Crippen LogP contribution in [0.4, 0.5) is 0 Å². The molecule has 3 nitrogen and oxygen atoms in total. The molecule has 164 valence electrons. The van der Waals surface area contributed by atoms with Crippen molar-refractivity contribution in [2.45, 2.75) is 31.6 Å². The molecule has 3 aromatic rings. The highest BCUT2D eigenvalue weighted by atomic mass is 16.5. The SMILES string of the molecule is CC(=O)C(c1ccccc1)(c1ccccc1)C1CCN(CCc2ccc3c(c2)CCO3)C1. The number of nitrogens with zero attached hydrogens (tertiary/aromatic N) is 1. The van der Waals surface area contributed by atoms with Crippen molar-refractivity contribution >= 4 is 5.78 Å². The average Bonchev–Trinajstić information content (AvgIpc) is 3.49. The number of hydrogen-bond acceptors (Lipinski definition) is 3. The second kappa shape index (κ2) is 8.91. The van der Waals surface area contributed by atoms with Crippen molar-refractivity contribution in [3.8, 4) is 5.75 Å². The molecule has 1 unspecified atom stereocenters. The van der Waals surface area contributed by atoms with Gasteiger partial charge in [-0.05, 0) is 60.5 Å². The number of carbonyl (C=O) groups excluding carboxylic acids is 1. The maximum atomic E-state index is 13.4. The van der Waals surface area contributed by atoms with Gasteiger partial charge in [0.25, 0.3) is 0 Å². The zero-order valence-electron chi connectivity index (χ0n) is 18.8. The van der Waals surface area contributed by atoms with Crippen molar-refractivity contribution in [3.63, 3.8) is 0 Å². The van der Waals surface area contributed by atoms with Crippen molar-refractivity contribution in [3.05, 3.63) is 101 Å². The summed E-state index contributed by atoms with van der Waals surface area (Å²) in [6.07, 6.45) is 3.08. The molecule has 2 heterocycles. The Morgan fingerprint density at radius 1 is 1.00 bits per heavy atom. The molecule has 0 aromatic heterocycles. The molecule has 0 aliphatic carbocycles. The summed E-state index contributed by atoms with van der Waals surface area (Å²) in [4.78, 5) is 16.0. The van der Waals surface area contributed by atoms with Crippen LogP contribution in [0.2, 0.25) is 0 Å². The van der Waals surface area contributed by atoms with E-state index in [4.69, 9.17) is 4.74 Å². The first-order valence-corrected chi connectivity index (χ1v) is 11.8. The van der Waals surface area contributed by atoms with Gasteiger partial charge in [0.1, 0.15) is 11.5 Å². The van der Waals surface area contributed by atoms with Gasteiger partial charge in [-0.2, -0.15) is 0 Å². The fourth-order valence-corrected chi connectivity index (χ4v) is 5.81. The molecular formula is C29H31NO2. The minimum Gasteiger partial charge on any atom is -0.493 e. The molecule has 5 rings (SSSR count). The number of ether oxygens (including phenoxy) is 1. The first kappa shape index (κ1) is 21.0. The van der Waals surface area contributed by atoms with E-state index in [2.05, 4.69) is 71.6 Å². The molecule has 0 amide bonds. The number of likely N-dealkylation sites (tertiary alicyclic amines) is 1. The molecule has 1 fully saturated rings. The van der Waals surface area contributed by atoms with Gasteiger partial charge in [-0.15, -0.1) is 0 Å². The van der Waals surface area contributed by atoms with Gasteiger partial charge in [0, 0.05) is 19.5 Å². The highest BCUT2D eigenvalue weighted by Crippen LogP contribution is 2.44. The monoisotopic (exact) mass is 425 g/mol. The van der Waals surface area contributed by atoms with Gasteiger partial charge >= 0.3 is 0 Å². The zero-order chi connectivity index (χ0) is 22.0. The summed E-state index contributed by atoms with van der Waals surface area (Å²) in [5.41, 5.74) is 4.35. The van der Waals surface area contributed by atoms with Crippen molar-refractivity contribution in [2.24, 2.45) is 5.92 Å². The summed E-state index contributed by atoms with van der Waals surface area (Å²) in [5, 5.41) is 0. The van der Waals surface area contributed by atoms with Gasteiger partial charge < -0.3 is 9.64 Å². The van der Waals surface area contributed by atoms with Crippen molar-refractivity contribution < 1.29 is 9.53 Å². The summed E-state index contributed by atoms with van der Waals surface area (Å²) in [5.74, 6) is 1.55. The molecule has 3 aromatic carbocycles. The lowest BCUT2D eigenvalue weighted by Gasteiger charge is -2.38. The largest absolute Gasteiger partial charge is 0.493 e. The predicted octanol–water partition coefficient (Wildman–Crippen LogP) is 5.06. The Labute approximate surface area is 191 Å². The summed E-state index contributed by atoms with van der Waals surface area (Å²) in [6.45, 7) is 5.58. The van der Waals surface area contributed by atoms with Crippen molar-refractivity contribution in [2.75, 3.05) is 26.2 Å². The van der Waals surface area contributed by atoms with Crippen LogP contribution in [0, 0.1) is 5.92 Å². The molecule has 0 saturated carbocycles. The molecule has 0 N–H and O–H groups in total. The molecule has 0 bridgehead atoms. The van der Waals surface area contributed by atoms with Crippen LogP contribution in [0.3, 0.4) is 0 Å². The van der Waals surface area contributed by atoms with Gasteiger partial charge in [-0.1, -0.05) is 72.8 Å². The van der Waals surface area contributed by atoms with Crippen LogP contribution in [0.5, 0.6) is 5.75 Å². The molecule has 2 aliphatic heterocycles. The summed E-state index contributed by atoms with van der Waals surface area (Å²) < 4.78 is 5.65. The molecular weight excluding hydrogens is 394 g/mol. The average molecular weight is 426 g/mol. The lowest BCUT2D eigenvalue weighted by molar-refractivity contribution is -0.122. The number of fused-ring (bicyclic) bond motifs is 1. The van der Waals surface area contributed by atoms with Gasteiger partial charge in [0.15, 0.2) is 0 Å². The van der Waals surface area contributed by atoms with Crippen molar-refractivity contribution in [1.82, 2.24) is 4.90 Å². The first-order valence-electron chi connectivity index (χ1n) is 11.8. The second-order valence-electron chi connectivity index (χ2n) is 9.17. The number of Topliss-reactive ketones (excluding diaryl/α,β-unsaturated/α-hetero) is 1. The predicted molar refractivity (Wildman–Crippen MR) is 128 cm³/mol. The van der Waals surface area contributed by atoms with Crippen LogP contribution in [-0.4, -0.2) is 36.9 Å². The van der Waals surface area contributed by atoms with Crippen LogP contribution in [0.15, 0.2) is 78.9 Å². The zero-order valence-corrected chi connectivity index (χ0v) is 18.8. The van der Waals surface area contributed by atoms with Gasteiger partial charge in [0.05, 0.1) is 12.0 Å². The first-order chi connectivity index (χ1) is 15.7. The third-order valence-corrected chi connectivity index (χ3v) is 7.37. The lowest BCUT2D eigenvalue weighted by Crippen LogP contribution is -2.44. The van der Waals surface area contributed by atoms with Crippen LogP contribution in [0.25, 0.3) is 0 Å². The van der Waals surface area contributed by atoms with Crippen LogP contribution in [-0.2, 0) is 23.1 Å². The second-order valence-corrected chi connectivity index (χ2v) is 9.17. The van der Waals surface area contributed by atoms with Gasteiger partial charge in [-0.25, -0.2) is 0 Å². The normalized spacial score (nSPS) is 18.3. The highest BCUT2D eigenvalue weighted by molar-refractivity contribution is 5.92.